The van der Waals surface area contributed by atoms with Gasteiger partial charge in [-0.3, -0.25) is 4.90 Å². The van der Waals surface area contributed by atoms with E-state index in [9.17, 15) is 0 Å². The molecule has 1 saturated carbocycles. The van der Waals surface area contributed by atoms with Gasteiger partial charge in [-0.15, -0.1) is 0 Å². The van der Waals surface area contributed by atoms with Gasteiger partial charge >= 0.3 is 0 Å². The Morgan fingerprint density at radius 3 is 2.38 bits per heavy atom. The number of hydrogen-bond donors (Lipinski definition) is 1. The van der Waals surface area contributed by atoms with E-state index in [1.54, 1.807) is 0 Å². The molecular formula is C13H26N2S. The highest BCUT2D eigenvalue weighted by molar-refractivity contribution is 7.99. The molecule has 2 N–H and O–H groups in total. The fraction of sp³-hybridized carbons (Fsp3) is 1.00. The van der Waals surface area contributed by atoms with Crippen LogP contribution in [0.5, 0.6) is 0 Å². The molecule has 1 saturated heterocycles. The highest BCUT2D eigenvalue weighted by Crippen LogP contribution is 2.32. The van der Waals surface area contributed by atoms with Gasteiger partial charge in [-0.1, -0.05) is 19.8 Å². The first-order chi connectivity index (χ1) is 7.81. The lowest BCUT2D eigenvalue weighted by atomic mass is 9.78. The van der Waals surface area contributed by atoms with Crippen LogP contribution in [0.25, 0.3) is 0 Å². The molecule has 94 valence electrons. The minimum atomic E-state index is 0.674. The largest absolute Gasteiger partial charge is 0.329 e. The zero-order valence-electron chi connectivity index (χ0n) is 10.5. The summed E-state index contributed by atoms with van der Waals surface area (Å²) in [4.78, 5) is 2.66. The van der Waals surface area contributed by atoms with Crippen LogP contribution in [0.3, 0.4) is 0 Å². The molecule has 1 aliphatic heterocycles. The van der Waals surface area contributed by atoms with Crippen LogP contribution in [0.2, 0.25) is 0 Å². The van der Waals surface area contributed by atoms with Crippen LogP contribution >= 0.6 is 11.8 Å². The Balaban J connectivity index is 1.88. The second-order valence-corrected chi connectivity index (χ2v) is 6.70. The molecule has 0 spiro atoms. The van der Waals surface area contributed by atoms with Crippen molar-refractivity contribution in [3.05, 3.63) is 0 Å². The van der Waals surface area contributed by atoms with Gasteiger partial charge in [0.2, 0.25) is 0 Å². The summed E-state index contributed by atoms with van der Waals surface area (Å²) in [7, 11) is 0. The third kappa shape index (κ3) is 3.14. The van der Waals surface area contributed by atoms with Gasteiger partial charge in [0, 0.05) is 37.2 Å². The summed E-state index contributed by atoms with van der Waals surface area (Å²) >= 11 is 2.09. The lowest BCUT2D eigenvalue weighted by Gasteiger charge is -2.40. The van der Waals surface area contributed by atoms with Crippen LogP contribution in [0.4, 0.5) is 0 Å². The normalized spacial score (nSPS) is 34.9. The molecule has 16 heavy (non-hydrogen) atoms. The highest BCUT2D eigenvalue weighted by Gasteiger charge is 2.29. The second kappa shape index (κ2) is 6.27. The van der Waals surface area contributed by atoms with E-state index in [0.717, 1.165) is 18.4 Å². The molecule has 2 nitrogen and oxygen atoms in total. The summed E-state index contributed by atoms with van der Waals surface area (Å²) in [6, 6.07) is 0.674. The van der Waals surface area contributed by atoms with Crippen molar-refractivity contribution in [3.8, 4) is 0 Å². The van der Waals surface area contributed by atoms with Gasteiger partial charge in [0.25, 0.3) is 0 Å². The number of thioether (sulfide) groups is 1. The van der Waals surface area contributed by atoms with E-state index in [4.69, 9.17) is 5.73 Å². The molecule has 2 aliphatic rings. The first-order valence-corrected chi connectivity index (χ1v) is 7.98. The Morgan fingerprint density at radius 1 is 1.19 bits per heavy atom. The van der Waals surface area contributed by atoms with Crippen molar-refractivity contribution in [2.45, 2.75) is 38.6 Å². The van der Waals surface area contributed by atoms with Crippen molar-refractivity contribution >= 4 is 11.8 Å². The minimum Gasteiger partial charge on any atom is -0.329 e. The van der Waals surface area contributed by atoms with E-state index in [1.807, 2.05) is 0 Å². The second-order valence-electron chi connectivity index (χ2n) is 5.47. The van der Waals surface area contributed by atoms with Gasteiger partial charge in [0.05, 0.1) is 0 Å². The molecule has 3 heteroatoms. The Kier molecular flexibility index (Phi) is 4.98. The fourth-order valence-corrected chi connectivity index (χ4v) is 4.15. The predicted octanol–water partition coefficient (Wildman–Crippen LogP) is 2.19. The summed E-state index contributed by atoms with van der Waals surface area (Å²) in [5, 5.41) is 0. The minimum absolute atomic E-state index is 0.674. The molecule has 1 atom stereocenters. The summed E-state index contributed by atoms with van der Waals surface area (Å²) in [6.45, 7) is 5.78. The van der Waals surface area contributed by atoms with Crippen molar-refractivity contribution in [1.29, 1.82) is 0 Å². The lowest BCUT2D eigenvalue weighted by molar-refractivity contribution is 0.121. The van der Waals surface area contributed by atoms with Crippen LogP contribution in [0, 0.1) is 11.8 Å². The molecule has 0 radical (unpaired) electrons. The van der Waals surface area contributed by atoms with Crippen LogP contribution in [-0.2, 0) is 0 Å². The third-order valence-electron chi connectivity index (χ3n) is 4.36. The van der Waals surface area contributed by atoms with E-state index in [0.29, 0.717) is 6.04 Å². The van der Waals surface area contributed by atoms with Crippen LogP contribution < -0.4 is 5.73 Å². The van der Waals surface area contributed by atoms with Crippen molar-refractivity contribution in [2.24, 2.45) is 17.6 Å². The molecule has 1 unspecified atom stereocenters. The van der Waals surface area contributed by atoms with E-state index in [1.165, 1.54) is 50.3 Å². The van der Waals surface area contributed by atoms with Crippen molar-refractivity contribution in [3.63, 3.8) is 0 Å². The maximum absolute atomic E-state index is 6.02. The fourth-order valence-electron chi connectivity index (χ4n) is 3.22. The standard InChI is InChI=1S/C13H26N2S/c1-11-2-4-12(5-3-11)13(10-14)15-6-8-16-9-7-15/h11-13H,2-10,14H2,1H3. The molecule has 1 aliphatic carbocycles. The van der Waals surface area contributed by atoms with E-state index < -0.39 is 0 Å². The Hall–Kier alpha value is 0.270. The maximum atomic E-state index is 6.02. The Morgan fingerprint density at radius 2 is 1.81 bits per heavy atom. The average molecular weight is 242 g/mol. The summed E-state index contributed by atoms with van der Waals surface area (Å²) in [5.41, 5.74) is 6.02. The van der Waals surface area contributed by atoms with Gasteiger partial charge < -0.3 is 5.73 Å². The van der Waals surface area contributed by atoms with Gasteiger partial charge in [0.1, 0.15) is 0 Å². The lowest BCUT2D eigenvalue weighted by Crippen LogP contribution is -2.49. The van der Waals surface area contributed by atoms with Crippen LogP contribution in [0.1, 0.15) is 32.6 Å². The highest BCUT2D eigenvalue weighted by atomic mass is 32.2. The van der Waals surface area contributed by atoms with Gasteiger partial charge in [-0.05, 0) is 24.7 Å². The van der Waals surface area contributed by atoms with Gasteiger partial charge in [-0.25, -0.2) is 0 Å². The first kappa shape index (κ1) is 12.7. The summed E-state index contributed by atoms with van der Waals surface area (Å²) in [6.07, 6.45) is 5.66. The first-order valence-electron chi connectivity index (χ1n) is 6.83. The van der Waals surface area contributed by atoms with Crippen molar-refractivity contribution in [2.75, 3.05) is 31.1 Å². The maximum Gasteiger partial charge on any atom is 0.0247 e. The van der Waals surface area contributed by atoms with Crippen molar-refractivity contribution in [1.82, 2.24) is 4.90 Å². The van der Waals surface area contributed by atoms with Gasteiger partial charge in [0.15, 0.2) is 0 Å². The zero-order valence-corrected chi connectivity index (χ0v) is 11.3. The average Bonchev–Trinajstić information content (AvgIpc) is 2.34. The molecule has 0 bridgehead atoms. The predicted molar refractivity (Wildman–Crippen MR) is 72.9 cm³/mol. The third-order valence-corrected chi connectivity index (χ3v) is 5.30. The quantitative estimate of drug-likeness (QED) is 0.822. The molecule has 0 amide bonds. The monoisotopic (exact) mass is 242 g/mol. The molecule has 2 fully saturated rings. The molecule has 2 rings (SSSR count). The molecule has 1 heterocycles. The topological polar surface area (TPSA) is 29.3 Å². The number of nitrogens with zero attached hydrogens (tertiary/aromatic N) is 1. The van der Waals surface area contributed by atoms with Crippen LogP contribution in [0.15, 0.2) is 0 Å². The molecule has 0 aromatic heterocycles. The smallest absolute Gasteiger partial charge is 0.0247 e. The summed E-state index contributed by atoms with van der Waals surface area (Å²) < 4.78 is 0. The van der Waals surface area contributed by atoms with E-state index in [2.05, 4.69) is 23.6 Å². The van der Waals surface area contributed by atoms with E-state index >= 15 is 0 Å². The number of rotatable bonds is 3. The Labute approximate surface area is 104 Å². The molecule has 0 aromatic carbocycles. The SMILES string of the molecule is CC1CCC(C(CN)N2CCSCC2)CC1. The number of nitrogens with two attached hydrogens (primary N) is 1. The van der Waals surface area contributed by atoms with Gasteiger partial charge in [-0.2, -0.15) is 11.8 Å². The molecule has 0 aromatic rings. The van der Waals surface area contributed by atoms with Crippen molar-refractivity contribution < 1.29 is 0 Å². The Bertz CT molecular complexity index is 196. The van der Waals surface area contributed by atoms with Crippen LogP contribution in [-0.4, -0.2) is 42.1 Å². The van der Waals surface area contributed by atoms with E-state index in [-0.39, 0.29) is 0 Å². The summed E-state index contributed by atoms with van der Waals surface area (Å²) in [5.74, 6) is 4.44. The number of hydrogen-bond acceptors (Lipinski definition) is 3. The molecular weight excluding hydrogens is 216 g/mol. The zero-order chi connectivity index (χ0) is 11.4.